The van der Waals surface area contributed by atoms with Crippen LogP contribution in [0.25, 0.3) is 11.4 Å². The van der Waals surface area contributed by atoms with Crippen LogP contribution in [0, 0.1) is 0 Å². The van der Waals surface area contributed by atoms with Crippen LogP contribution in [0.3, 0.4) is 0 Å². The van der Waals surface area contributed by atoms with Crippen molar-refractivity contribution in [3.8, 4) is 28.6 Å². The number of nitrogen functional groups attached to an aromatic ring is 1. The maximum atomic E-state index is 6.15. The molecule has 3 aromatic rings. The molecule has 2 aromatic carbocycles. The zero-order valence-electron chi connectivity index (χ0n) is 14.9. The monoisotopic (exact) mass is 406 g/mol. The van der Waals surface area contributed by atoms with Gasteiger partial charge in [-0.05, 0) is 42.5 Å². The second-order valence-electron chi connectivity index (χ2n) is 5.40. The van der Waals surface area contributed by atoms with Crippen molar-refractivity contribution in [1.82, 2.24) is 14.9 Å². The molecule has 1 aromatic heterocycles. The third-order valence-electron chi connectivity index (χ3n) is 3.70. The topological polar surface area (TPSA) is 84.4 Å². The van der Waals surface area contributed by atoms with Crippen LogP contribution >= 0.6 is 23.4 Å². The molecule has 0 unspecified atom stereocenters. The lowest BCUT2D eigenvalue weighted by molar-refractivity contribution is 0.344. The lowest BCUT2D eigenvalue weighted by atomic mass is 10.2. The van der Waals surface area contributed by atoms with Gasteiger partial charge in [-0.1, -0.05) is 23.4 Å². The Morgan fingerprint density at radius 3 is 2.48 bits per heavy atom. The molecule has 2 N–H and O–H groups in total. The van der Waals surface area contributed by atoms with Crippen molar-refractivity contribution >= 4 is 23.4 Å². The molecule has 0 aliphatic heterocycles. The number of thioether (sulfide) groups is 1. The minimum absolute atomic E-state index is 0.505. The van der Waals surface area contributed by atoms with Crippen molar-refractivity contribution in [3.05, 3.63) is 47.5 Å². The maximum Gasteiger partial charge on any atom is 0.210 e. The Kier molecular flexibility index (Phi) is 6.31. The predicted octanol–water partition coefficient (Wildman–Crippen LogP) is 3.50. The molecular weight excluding hydrogens is 388 g/mol. The van der Waals surface area contributed by atoms with Crippen molar-refractivity contribution in [3.63, 3.8) is 0 Å². The first-order chi connectivity index (χ1) is 13.1. The van der Waals surface area contributed by atoms with Crippen LogP contribution in [-0.2, 0) is 0 Å². The van der Waals surface area contributed by atoms with Gasteiger partial charge in [0.05, 0.1) is 20.8 Å². The fourth-order valence-electron chi connectivity index (χ4n) is 2.37. The molecule has 0 aliphatic rings. The Labute approximate surface area is 166 Å². The fraction of sp³-hybridized carbons (Fsp3) is 0.222. The molecule has 142 valence electrons. The number of nitrogens with zero attached hydrogens (tertiary/aromatic N) is 3. The second kappa shape index (κ2) is 8.88. The molecule has 0 fully saturated rings. The first kappa shape index (κ1) is 19.2. The summed E-state index contributed by atoms with van der Waals surface area (Å²) in [5.74, 6) is 9.36. The summed E-state index contributed by atoms with van der Waals surface area (Å²) < 4.78 is 17.7. The highest BCUT2D eigenvalue weighted by Gasteiger charge is 2.14. The van der Waals surface area contributed by atoms with Gasteiger partial charge in [0.1, 0.15) is 5.75 Å². The molecule has 27 heavy (non-hydrogen) atoms. The normalized spacial score (nSPS) is 10.6. The maximum absolute atomic E-state index is 6.15. The highest BCUT2D eigenvalue weighted by molar-refractivity contribution is 7.99. The number of aromatic nitrogens is 3. The Balaban J connectivity index is 1.62. The summed E-state index contributed by atoms with van der Waals surface area (Å²) in [5, 5.41) is 9.60. The molecule has 0 atom stereocenters. The number of hydrogen-bond donors (Lipinski definition) is 1. The first-order valence-corrected chi connectivity index (χ1v) is 9.42. The van der Waals surface area contributed by atoms with Crippen LogP contribution in [0.5, 0.6) is 17.2 Å². The van der Waals surface area contributed by atoms with E-state index in [2.05, 4.69) is 10.2 Å². The number of benzene rings is 2. The van der Waals surface area contributed by atoms with E-state index in [4.69, 9.17) is 31.7 Å². The Bertz CT molecular complexity index is 902. The van der Waals surface area contributed by atoms with Gasteiger partial charge >= 0.3 is 0 Å². The largest absolute Gasteiger partial charge is 0.493 e. The van der Waals surface area contributed by atoms with Crippen LogP contribution in [0.2, 0.25) is 5.02 Å². The van der Waals surface area contributed by atoms with Gasteiger partial charge < -0.3 is 20.1 Å². The van der Waals surface area contributed by atoms with Gasteiger partial charge in [-0.25, -0.2) is 4.68 Å². The number of nitrogens with two attached hydrogens (primary N) is 1. The Morgan fingerprint density at radius 2 is 1.78 bits per heavy atom. The van der Waals surface area contributed by atoms with E-state index in [1.807, 2.05) is 24.3 Å². The molecule has 7 nitrogen and oxygen atoms in total. The van der Waals surface area contributed by atoms with Gasteiger partial charge in [0.25, 0.3) is 0 Å². The van der Waals surface area contributed by atoms with Crippen LogP contribution in [0.15, 0.2) is 47.6 Å². The van der Waals surface area contributed by atoms with Crippen LogP contribution in [-0.4, -0.2) is 41.5 Å². The molecule has 0 amide bonds. The molecule has 0 radical (unpaired) electrons. The number of methoxy groups -OCH3 is 2. The third kappa shape index (κ3) is 4.58. The molecule has 0 bridgehead atoms. The molecule has 0 saturated carbocycles. The first-order valence-electron chi connectivity index (χ1n) is 8.06. The minimum Gasteiger partial charge on any atom is -0.493 e. The summed E-state index contributed by atoms with van der Waals surface area (Å²) >= 11 is 7.31. The van der Waals surface area contributed by atoms with Gasteiger partial charge in [0.2, 0.25) is 5.16 Å². The summed E-state index contributed by atoms with van der Waals surface area (Å²) in [6.45, 7) is 0.505. The number of halogens is 1. The quantitative estimate of drug-likeness (QED) is 0.348. The summed E-state index contributed by atoms with van der Waals surface area (Å²) in [4.78, 5) is 0. The van der Waals surface area contributed by atoms with Crippen molar-refractivity contribution in [2.45, 2.75) is 5.16 Å². The second-order valence-corrected chi connectivity index (χ2v) is 6.90. The minimum atomic E-state index is 0.505. The average molecular weight is 407 g/mol. The molecular formula is C18H19ClN4O3S. The highest BCUT2D eigenvalue weighted by Crippen LogP contribution is 2.32. The predicted molar refractivity (Wildman–Crippen MR) is 106 cm³/mol. The molecule has 0 saturated heterocycles. The van der Waals surface area contributed by atoms with E-state index < -0.39 is 0 Å². The fourth-order valence-corrected chi connectivity index (χ4v) is 3.17. The summed E-state index contributed by atoms with van der Waals surface area (Å²) in [7, 11) is 3.17. The summed E-state index contributed by atoms with van der Waals surface area (Å²) in [6.07, 6.45) is 0. The van der Waals surface area contributed by atoms with E-state index in [1.165, 1.54) is 16.4 Å². The van der Waals surface area contributed by atoms with E-state index in [0.717, 1.165) is 11.3 Å². The molecule has 1 heterocycles. The summed E-state index contributed by atoms with van der Waals surface area (Å²) in [5.41, 5.74) is 0.784. The Morgan fingerprint density at radius 1 is 1.04 bits per heavy atom. The molecule has 9 heteroatoms. The van der Waals surface area contributed by atoms with Crippen LogP contribution in [0.1, 0.15) is 0 Å². The van der Waals surface area contributed by atoms with Gasteiger partial charge in [-0.3, -0.25) is 0 Å². The van der Waals surface area contributed by atoms with Gasteiger partial charge in [0, 0.05) is 16.3 Å². The van der Waals surface area contributed by atoms with Crippen molar-refractivity contribution in [2.24, 2.45) is 0 Å². The van der Waals surface area contributed by atoms with Crippen molar-refractivity contribution < 1.29 is 14.2 Å². The SMILES string of the molecule is COc1ccc(-c2nnc(SCCOc3ccc(Cl)cc3)n2N)cc1OC. The third-order valence-corrected chi connectivity index (χ3v) is 4.86. The summed E-state index contributed by atoms with van der Waals surface area (Å²) in [6, 6.07) is 12.7. The smallest absolute Gasteiger partial charge is 0.210 e. The zero-order valence-corrected chi connectivity index (χ0v) is 16.5. The number of rotatable bonds is 8. The van der Waals surface area contributed by atoms with Crippen LogP contribution in [0.4, 0.5) is 0 Å². The van der Waals surface area contributed by atoms with Gasteiger partial charge in [-0.2, -0.15) is 0 Å². The average Bonchev–Trinajstić information content (AvgIpc) is 3.06. The zero-order chi connectivity index (χ0) is 19.2. The van der Waals surface area contributed by atoms with Crippen molar-refractivity contribution in [1.29, 1.82) is 0 Å². The molecule has 3 rings (SSSR count). The molecule has 0 spiro atoms. The number of ether oxygens (including phenoxy) is 3. The van der Waals surface area contributed by atoms with E-state index in [-0.39, 0.29) is 0 Å². The van der Waals surface area contributed by atoms with E-state index in [0.29, 0.717) is 39.9 Å². The van der Waals surface area contributed by atoms with Gasteiger partial charge in [-0.15, -0.1) is 10.2 Å². The standard InChI is InChI=1S/C18H19ClN4O3S/c1-24-15-8-3-12(11-16(15)25-2)17-21-22-18(23(17)20)27-10-9-26-14-6-4-13(19)5-7-14/h3-8,11H,9-10,20H2,1-2H3. The van der Waals surface area contributed by atoms with E-state index >= 15 is 0 Å². The van der Waals surface area contributed by atoms with E-state index in [1.54, 1.807) is 32.4 Å². The van der Waals surface area contributed by atoms with Gasteiger partial charge in [0.15, 0.2) is 17.3 Å². The van der Waals surface area contributed by atoms with E-state index in [9.17, 15) is 0 Å². The lowest BCUT2D eigenvalue weighted by Crippen LogP contribution is -2.12. The van der Waals surface area contributed by atoms with Crippen molar-refractivity contribution in [2.75, 3.05) is 32.4 Å². The van der Waals surface area contributed by atoms with Crippen LogP contribution < -0.4 is 20.1 Å². The highest BCUT2D eigenvalue weighted by atomic mass is 35.5. The number of hydrogen-bond acceptors (Lipinski definition) is 7. The lowest BCUT2D eigenvalue weighted by Gasteiger charge is -2.09. The molecule has 0 aliphatic carbocycles. The Hall–Kier alpha value is -2.58.